The molecule has 0 heterocycles. The van der Waals surface area contributed by atoms with Crippen molar-refractivity contribution in [1.29, 1.82) is 5.26 Å². The largest absolute Gasteiger partial charge is 0.297 e. The van der Waals surface area contributed by atoms with Crippen LogP contribution in [0.5, 0.6) is 0 Å². The van der Waals surface area contributed by atoms with Gasteiger partial charge in [-0.25, -0.2) is 8.78 Å². The highest BCUT2D eigenvalue weighted by atomic mass is 32.2. The van der Waals surface area contributed by atoms with Crippen molar-refractivity contribution < 1.29 is 8.78 Å². The molecule has 0 aliphatic rings. The number of hydrogen-bond donors (Lipinski definition) is 1. The molecule has 1 rings (SSSR count). The highest BCUT2D eigenvalue weighted by Crippen LogP contribution is 2.30. The normalized spacial score (nSPS) is 15.7. The van der Waals surface area contributed by atoms with Crippen molar-refractivity contribution in [3.63, 3.8) is 0 Å². The van der Waals surface area contributed by atoms with Gasteiger partial charge in [0.1, 0.15) is 17.2 Å². The summed E-state index contributed by atoms with van der Waals surface area (Å²) in [6.07, 6.45) is 0.573. The number of nitriles is 1. The Kier molecular flexibility index (Phi) is 5.97. The van der Waals surface area contributed by atoms with Gasteiger partial charge in [0.15, 0.2) is 0 Å². The molecule has 0 radical (unpaired) electrons. The van der Waals surface area contributed by atoms with Crippen LogP contribution in [0.4, 0.5) is 8.78 Å². The Bertz CT molecular complexity index is 499. The van der Waals surface area contributed by atoms with Gasteiger partial charge >= 0.3 is 0 Å². The fraction of sp³-hybridized carbons (Fsp3) is 0.533. The van der Waals surface area contributed by atoms with Crippen LogP contribution in [0.1, 0.15) is 34.1 Å². The summed E-state index contributed by atoms with van der Waals surface area (Å²) < 4.78 is 26.4. The molecular formula is C15H20F2N2S. The van der Waals surface area contributed by atoms with Crippen LogP contribution in [-0.2, 0) is 0 Å². The van der Waals surface area contributed by atoms with E-state index in [0.29, 0.717) is 11.3 Å². The summed E-state index contributed by atoms with van der Waals surface area (Å²) in [5.74, 6) is -1.14. The van der Waals surface area contributed by atoms with Crippen LogP contribution in [0.25, 0.3) is 0 Å². The average Bonchev–Trinajstić information content (AvgIpc) is 2.31. The number of nitrogens with zero attached hydrogens (tertiary/aromatic N) is 1. The monoisotopic (exact) mass is 298 g/mol. The minimum Gasteiger partial charge on any atom is -0.297 e. The second-order valence-electron chi connectivity index (χ2n) is 5.45. The van der Waals surface area contributed by atoms with Gasteiger partial charge in [-0.15, -0.1) is 11.8 Å². The summed E-state index contributed by atoms with van der Waals surface area (Å²) in [5, 5.41) is 12.5. The number of benzene rings is 1. The minimum absolute atomic E-state index is 0.0332. The van der Waals surface area contributed by atoms with E-state index in [1.165, 1.54) is 23.9 Å². The van der Waals surface area contributed by atoms with E-state index in [0.717, 1.165) is 6.07 Å². The maximum Gasteiger partial charge on any atom is 0.139 e. The highest BCUT2D eigenvalue weighted by Gasteiger charge is 2.27. The Labute approximate surface area is 123 Å². The van der Waals surface area contributed by atoms with Gasteiger partial charge < -0.3 is 0 Å². The molecule has 110 valence electrons. The summed E-state index contributed by atoms with van der Waals surface area (Å²) >= 11 is 1.32. The fourth-order valence-corrected chi connectivity index (χ4v) is 3.35. The van der Waals surface area contributed by atoms with Crippen molar-refractivity contribution in [3.05, 3.63) is 29.8 Å². The van der Waals surface area contributed by atoms with Crippen LogP contribution in [0.3, 0.4) is 0 Å². The number of hydrogen-bond acceptors (Lipinski definition) is 3. The Balaban J connectivity index is 2.71. The number of rotatable bonds is 6. The van der Waals surface area contributed by atoms with Crippen LogP contribution in [0.2, 0.25) is 0 Å². The van der Waals surface area contributed by atoms with Crippen LogP contribution in [0.15, 0.2) is 23.1 Å². The van der Waals surface area contributed by atoms with E-state index < -0.39 is 17.2 Å². The van der Waals surface area contributed by atoms with E-state index in [1.807, 2.05) is 27.7 Å². The van der Waals surface area contributed by atoms with Crippen molar-refractivity contribution in [3.8, 4) is 6.07 Å². The van der Waals surface area contributed by atoms with Gasteiger partial charge in [-0.3, -0.25) is 5.32 Å². The van der Waals surface area contributed by atoms with Crippen LogP contribution in [-0.4, -0.2) is 16.8 Å². The molecule has 0 aliphatic carbocycles. The van der Waals surface area contributed by atoms with E-state index in [9.17, 15) is 14.0 Å². The summed E-state index contributed by atoms with van der Waals surface area (Å²) in [6, 6.07) is 6.03. The lowest BCUT2D eigenvalue weighted by atomic mass is 9.97. The molecule has 1 N–H and O–H groups in total. The predicted molar refractivity (Wildman–Crippen MR) is 78.6 cm³/mol. The molecule has 20 heavy (non-hydrogen) atoms. The number of nitrogens with one attached hydrogen (secondary N) is 1. The van der Waals surface area contributed by atoms with Crippen molar-refractivity contribution in [2.45, 2.75) is 55.8 Å². The Morgan fingerprint density at radius 2 is 2.00 bits per heavy atom. The lowest BCUT2D eigenvalue weighted by Crippen LogP contribution is -2.46. The standard InChI is InChI=1S/C15H20F2N2S/c1-10(2)19-15(4,9-18)8-11(3)20-14-6-5-12(16)7-13(14)17/h5-7,10-11,19H,8H2,1-4H3. The number of halogens is 2. The van der Waals surface area contributed by atoms with E-state index in [-0.39, 0.29) is 11.3 Å². The van der Waals surface area contributed by atoms with Gasteiger partial charge in [-0.05, 0) is 39.3 Å². The molecule has 0 amide bonds. The molecule has 5 heteroatoms. The maximum atomic E-state index is 13.6. The van der Waals surface area contributed by atoms with E-state index in [2.05, 4.69) is 11.4 Å². The summed E-state index contributed by atoms with van der Waals surface area (Å²) in [7, 11) is 0. The molecule has 2 atom stereocenters. The second kappa shape index (κ2) is 7.05. The first kappa shape index (κ1) is 16.9. The van der Waals surface area contributed by atoms with Gasteiger partial charge in [-0.2, -0.15) is 5.26 Å². The first-order valence-corrected chi connectivity index (χ1v) is 7.44. The zero-order valence-corrected chi connectivity index (χ0v) is 13.0. The van der Waals surface area contributed by atoms with E-state index in [4.69, 9.17) is 0 Å². The molecule has 0 saturated heterocycles. The SMILES string of the molecule is CC(C)NC(C)(C#N)CC(C)Sc1ccc(F)cc1F. The lowest BCUT2D eigenvalue weighted by molar-refractivity contribution is 0.382. The first-order valence-electron chi connectivity index (χ1n) is 6.56. The predicted octanol–water partition coefficient (Wildman–Crippen LogP) is 4.12. The zero-order chi connectivity index (χ0) is 15.3. The van der Waals surface area contributed by atoms with Crippen molar-refractivity contribution in [2.24, 2.45) is 0 Å². The number of thioether (sulfide) groups is 1. The smallest absolute Gasteiger partial charge is 0.139 e. The molecule has 0 aromatic heterocycles. The van der Waals surface area contributed by atoms with Crippen molar-refractivity contribution in [2.75, 3.05) is 0 Å². The molecule has 0 fully saturated rings. The quantitative estimate of drug-likeness (QED) is 0.803. The molecule has 1 aromatic carbocycles. The topological polar surface area (TPSA) is 35.8 Å². The van der Waals surface area contributed by atoms with Gasteiger partial charge in [0, 0.05) is 22.3 Å². The van der Waals surface area contributed by atoms with Gasteiger partial charge in [0.2, 0.25) is 0 Å². The Morgan fingerprint density at radius 3 is 2.50 bits per heavy atom. The van der Waals surface area contributed by atoms with Gasteiger partial charge in [0.05, 0.1) is 6.07 Å². The molecule has 0 spiro atoms. The summed E-state index contributed by atoms with van der Waals surface area (Å²) in [6.45, 7) is 7.73. The van der Waals surface area contributed by atoms with E-state index in [1.54, 1.807) is 0 Å². The van der Waals surface area contributed by atoms with Crippen molar-refractivity contribution >= 4 is 11.8 Å². The third kappa shape index (κ3) is 5.10. The van der Waals surface area contributed by atoms with Crippen LogP contribution in [0, 0.1) is 23.0 Å². The minimum atomic E-state index is -0.656. The highest BCUT2D eigenvalue weighted by molar-refractivity contribution is 8.00. The summed E-state index contributed by atoms with van der Waals surface area (Å²) in [4.78, 5) is 0.406. The molecular weight excluding hydrogens is 278 g/mol. The average molecular weight is 298 g/mol. The first-order chi connectivity index (χ1) is 9.25. The molecule has 0 saturated carbocycles. The fourth-order valence-electron chi connectivity index (χ4n) is 2.18. The molecule has 2 nitrogen and oxygen atoms in total. The third-order valence-corrected chi connectivity index (χ3v) is 3.93. The van der Waals surface area contributed by atoms with Gasteiger partial charge in [0.25, 0.3) is 0 Å². The van der Waals surface area contributed by atoms with Crippen LogP contribution >= 0.6 is 11.8 Å². The third-order valence-electron chi connectivity index (χ3n) is 2.77. The Morgan fingerprint density at radius 1 is 1.35 bits per heavy atom. The summed E-state index contributed by atoms with van der Waals surface area (Å²) in [5.41, 5.74) is -0.656. The second-order valence-corrected chi connectivity index (χ2v) is 6.93. The van der Waals surface area contributed by atoms with Gasteiger partial charge in [-0.1, -0.05) is 6.92 Å². The molecule has 0 aliphatic heterocycles. The molecule has 1 aromatic rings. The maximum absolute atomic E-state index is 13.6. The Hall–Kier alpha value is -1.12. The van der Waals surface area contributed by atoms with E-state index >= 15 is 0 Å². The van der Waals surface area contributed by atoms with Crippen molar-refractivity contribution in [1.82, 2.24) is 5.32 Å². The van der Waals surface area contributed by atoms with Crippen LogP contribution < -0.4 is 5.32 Å². The molecule has 0 bridgehead atoms. The zero-order valence-electron chi connectivity index (χ0n) is 12.2. The lowest BCUT2D eigenvalue weighted by Gasteiger charge is -2.28. The molecule has 2 unspecified atom stereocenters.